The first-order valence-electron chi connectivity index (χ1n) is 2.11. The summed E-state index contributed by atoms with van der Waals surface area (Å²) >= 11 is -1.59. The lowest BCUT2D eigenvalue weighted by molar-refractivity contribution is 0.479. The van der Waals surface area contributed by atoms with Gasteiger partial charge in [-0.1, -0.05) is 0 Å². The fourth-order valence-electron chi connectivity index (χ4n) is 0.405. The molecule has 1 aliphatic heterocycles. The van der Waals surface area contributed by atoms with E-state index in [-0.39, 0.29) is 5.25 Å². The molecule has 0 radical (unpaired) electrons. The molecular weight excluding hydrogens is 114 g/mol. The van der Waals surface area contributed by atoms with E-state index in [4.69, 9.17) is 4.55 Å². The Morgan fingerprint density at radius 3 is 2.29 bits per heavy atom. The number of nitrogens with one attached hydrogen (secondary N) is 1. The van der Waals surface area contributed by atoms with E-state index in [1.54, 1.807) is 0 Å². The fourth-order valence-corrected chi connectivity index (χ4v) is 0.926. The van der Waals surface area contributed by atoms with Crippen molar-refractivity contribution in [2.24, 2.45) is 0 Å². The van der Waals surface area contributed by atoms with Crippen molar-refractivity contribution in [3.63, 3.8) is 0 Å². The molecule has 2 N–H and O–H groups in total. The van der Waals surface area contributed by atoms with Crippen molar-refractivity contribution < 1.29 is 8.76 Å². The van der Waals surface area contributed by atoms with Gasteiger partial charge in [-0.15, -0.1) is 0 Å². The van der Waals surface area contributed by atoms with Crippen molar-refractivity contribution in [1.29, 1.82) is 0 Å². The van der Waals surface area contributed by atoms with Gasteiger partial charge in [-0.05, 0) is 0 Å². The summed E-state index contributed by atoms with van der Waals surface area (Å²) in [5.74, 6) is 0. The quantitative estimate of drug-likeness (QED) is 0.446. The van der Waals surface area contributed by atoms with E-state index in [0.29, 0.717) is 13.1 Å². The van der Waals surface area contributed by atoms with Crippen LogP contribution in [0.15, 0.2) is 0 Å². The summed E-state index contributed by atoms with van der Waals surface area (Å²) in [6.07, 6.45) is 0. The fraction of sp³-hybridized carbons (Fsp3) is 1.00. The van der Waals surface area contributed by atoms with Crippen LogP contribution in [0.5, 0.6) is 0 Å². The summed E-state index contributed by atoms with van der Waals surface area (Å²) in [5, 5.41) is 2.89. The monoisotopic (exact) mass is 121 g/mol. The molecule has 1 fully saturated rings. The lowest BCUT2D eigenvalue weighted by Crippen LogP contribution is -2.49. The van der Waals surface area contributed by atoms with Crippen LogP contribution in [0.2, 0.25) is 0 Å². The van der Waals surface area contributed by atoms with Gasteiger partial charge in [0.1, 0.15) is 0 Å². The maximum absolute atomic E-state index is 10.1. The molecule has 7 heavy (non-hydrogen) atoms. The Hall–Kier alpha value is 0.0700. The van der Waals surface area contributed by atoms with Crippen LogP contribution < -0.4 is 5.32 Å². The lowest BCUT2D eigenvalue weighted by Gasteiger charge is -2.22. The Balaban J connectivity index is 2.27. The normalized spacial score (nSPS) is 26.4. The van der Waals surface area contributed by atoms with Gasteiger partial charge >= 0.3 is 0 Å². The number of hydrogen-bond donors (Lipinski definition) is 2. The molecule has 0 saturated carbocycles. The third-order valence-corrected chi connectivity index (χ3v) is 1.93. The maximum Gasteiger partial charge on any atom is 0.158 e. The Morgan fingerprint density at radius 1 is 1.71 bits per heavy atom. The van der Waals surface area contributed by atoms with Crippen LogP contribution in [0.3, 0.4) is 0 Å². The van der Waals surface area contributed by atoms with Crippen LogP contribution in [0.4, 0.5) is 0 Å². The van der Waals surface area contributed by atoms with Gasteiger partial charge in [0.2, 0.25) is 0 Å². The van der Waals surface area contributed by atoms with E-state index in [2.05, 4.69) is 5.32 Å². The topological polar surface area (TPSA) is 49.3 Å². The van der Waals surface area contributed by atoms with Crippen LogP contribution in [-0.4, -0.2) is 27.1 Å². The highest BCUT2D eigenvalue weighted by Crippen LogP contribution is 1.97. The molecule has 0 aromatic heterocycles. The molecule has 1 heterocycles. The van der Waals surface area contributed by atoms with E-state index in [1.165, 1.54) is 0 Å². The van der Waals surface area contributed by atoms with Gasteiger partial charge in [0.25, 0.3) is 0 Å². The van der Waals surface area contributed by atoms with Gasteiger partial charge in [0, 0.05) is 13.1 Å². The Labute approximate surface area is 44.4 Å². The first-order valence-corrected chi connectivity index (χ1v) is 3.28. The van der Waals surface area contributed by atoms with Crippen LogP contribution >= 0.6 is 0 Å². The molecule has 0 aliphatic carbocycles. The van der Waals surface area contributed by atoms with Crippen LogP contribution in [0.25, 0.3) is 0 Å². The standard InChI is InChI=1S/C3H7NO2S/c5-7(6)3-1-4-2-3/h3-4H,1-2H2,(H,5,6). The predicted molar refractivity (Wildman–Crippen MR) is 27.4 cm³/mol. The second-order valence-electron chi connectivity index (χ2n) is 1.56. The van der Waals surface area contributed by atoms with Crippen LogP contribution in [0, 0.1) is 0 Å². The third-order valence-electron chi connectivity index (χ3n) is 1.03. The number of rotatable bonds is 1. The van der Waals surface area contributed by atoms with Crippen molar-refractivity contribution >= 4 is 11.1 Å². The molecule has 1 atom stereocenters. The summed E-state index contributed by atoms with van der Waals surface area (Å²) in [6.45, 7) is 1.40. The summed E-state index contributed by atoms with van der Waals surface area (Å²) < 4.78 is 18.4. The zero-order chi connectivity index (χ0) is 5.28. The van der Waals surface area contributed by atoms with E-state index in [9.17, 15) is 4.21 Å². The van der Waals surface area contributed by atoms with Gasteiger partial charge in [-0.3, -0.25) is 0 Å². The van der Waals surface area contributed by atoms with Gasteiger partial charge in [-0.2, -0.15) is 0 Å². The first-order chi connectivity index (χ1) is 3.30. The molecule has 1 rings (SSSR count). The molecule has 0 aromatic rings. The average molecular weight is 121 g/mol. The molecule has 0 bridgehead atoms. The lowest BCUT2D eigenvalue weighted by atomic mass is 10.3. The van der Waals surface area contributed by atoms with Crippen molar-refractivity contribution in [3.05, 3.63) is 0 Å². The molecule has 1 aliphatic rings. The zero-order valence-corrected chi connectivity index (χ0v) is 4.57. The van der Waals surface area contributed by atoms with Crippen molar-refractivity contribution in [3.8, 4) is 0 Å². The predicted octanol–water partition coefficient (Wildman–Crippen LogP) is -0.820. The van der Waals surface area contributed by atoms with Gasteiger partial charge < -0.3 is 9.87 Å². The molecule has 0 amide bonds. The minimum Gasteiger partial charge on any atom is -0.314 e. The van der Waals surface area contributed by atoms with E-state index in [1.807, 2.05) is 0 Å². The highest BCUT2D eigenvalue weighted by Gasteiger charge is 2.21. The molecule has 1 unspecified atom stereocenters. The zero-order valence-electron chi connectivity index (χ0n) is 3.76. The van der Waals surface area contributed by atoms with Gasteiger partial charge in [-0.25, -0.2) is 4.21 Å². The van der Waals surface area contributed by atoms with Crippen LogP contribution in [0.1, 0.15) is 0 Å². The smallest absolute Gasteiger partial charge is 0.158 e. The average Bonchev–Trinajstić information content (AvgIpc) is 1.23. The molecule has 0 spiro atoms. The van der Waals surface area contributed by atoms with Crippen molar-refractivity contribution in [2.45, 2.75) is 5.25 Å². The maximum atomic E-state index is 10.1. The first kappa shape index (κ1) is 5.21. The molecule has 0 aromatic carbocycles. The largest absolute Gasteiger partial charge is 0.314 e. The summed E-state index contributed by atoms with van der Waals surface area (Å²) in [6, 6.07) is 0. The summed E-state index contributed by atoms with van der Waals surface area (Å²) in [5.41, 5.74) is 0. The minimum absolute atomic E-state index is 0.000000000000000444. The molecular formula is C3H7NO2S. The molecule has 3 nitrogen and oxygen atoms in total. The number of hydrogen-bond acceptors (Lipinski definition) is 2. The molecule has 4 heteroatoms. The van der Waals surface area contributed by atoms with Crippen molar-refractivity contribution in [1.82, 2.24) is 5.32 Å². The van der Waals surface area contributed by atoms with Crippen molar-refractivity contribution in [2.75, 3.05) is 13.1 Å². The second kappa shape index (κ2) is 1.90. The second-order valence-corrected chi connectivity index (χ2v) is 2.78. The van der Waals surface area contributed by atoms with E-state index < -0.39 is 11.1 Å². The highest BCUT2D eigenvalue weighted by atomic mass is 32.2. The Bertz CT molecular complexity index is 90.9. The van der Waals surface area contributed by atoms with Crippen LogP contribution in [-0.2, 0) is 11.1 Å². The van der Waals surface area contributed by atoms with Gasteiger partial charge in [0.05, 0.1) is 5.25 Å². The SMILES string of the molecule is O=S(O)C1CNC1. The Kier molecular flexibility index (Phi) is 1.41. The summed E-state index contributed by atoms with van der Waals surface area (Å²) in [7, 11) is 0. The van der Waals surface area contributed by atoms with Gasteiger partial charge in [0.15, 0.2) is 11.1 Å². The third kappa shape index (κ3) is 0.992. The highest BCUT2D eigenvalue weighted by molar-refractivity contribution is 7.80. The van der Waals surface area contributed by atoms with E-state index in [0.717, 1.165) is 0 Å². The molecule has 42 valence electrons. The van der Waals surface area contributed by atoms with E-state index >= 15 is 0 Å². The Morgan fingerprint density at radius 2 is 2.29 bits per heavy atom. The molecule has 1 saturated heterocycles. The summed E-state index contributed by atoms with van der Waals surface area (Å²) in [4.78, 5) is 0. The minimum atomic E-state index is -1.59.